The first-order valence-electron chi connectivity index (χ1n) is 4.41. The summed E-state index contributed by atoms with van der Waals surface area (Å²) in [7, 11) is 0. The fraction of sp³-hybridized carbons (Fsp3) is 0.0909. The predicted molar refractivity (Wildman–Crippen MR) is 59.2 cm³/mol. The first-order valence-corrected chi connectivity index (χ1v) is 5.35. The molecular weight excluding hydrogens is 210 g/mol. The van der Waals surface area contributed by atoms with E-state index in [-0.39, 0.29) is 0 Å². The zero-order chi connectivity index (χ0) is 10.8. The average molecular weight is 219 g/mol. The highest BCUT2D eigenvalue weighted by Crippen LogP contribution is 2.24. The molecule has 2 rings (SSSR count). The SMILES string of the molecule is Cc1ccc(-c2cscn2)c(C(=O)O)c1. The Morgan fingerprint density at radius 3 is 2.87 bits per heavy atom. The maximum absolute atomic E-state index is 11.0. The molecule has 1 N–H and O–H groups in total. The van der Waals surface area contributed by atoms with Crippen molar-refractivity contribution in [2.24, 2.45) is 0 Å². The van der Waals surface area contributed by atoms with E-state index in [1.165, 1.54) is 11.3 Å². The molecule has 1 heterocycles. The summed E-state index contributed by atoms with van der Waals surface area (Å²) in [5, 5.41) is 10.9. The second kappa shape index (κ2) is 3.82. The topological polar surface area (TPSA) is 50.2 Å². The number of aryl methyl sites for hydroxylation is 1. The number of nitrogens with zero attached hydrogens (tertiary/aromatic N) is 1. The van der Waals surface area contributed by atoms with Crippen LogP contribution in [0.1, 0.15) is 15.9 Å². The van der Waals surface area contributed by atoms with E-state index in [9.17, 15) is 4.79 Å². The number of carboxylic acids is 1. The van der Waals surface area contributed by atoms with Crippen molar-refractivity contribution >= 4 is 17.3 Å². The Labute approximate surface area is 91.0 Å². The van der Waals surface area contributed by atoms with E-state index in [0.29, 0.717) is 11.1 Å². The first-order chi connectivity index (χ1) is 7.18. The van der Waals surface area contributed by atoms with Gasteiger partial charge in [-0.3, -0.25) is 0 Å². The van der Waals surface area contributed by atoms with E-state index in [1.807, 2.05) is 18.4 Å². The Kier molecular flexibility index (Phi) is 2.51. The van der Waals surface area contributed by atoms with Crippen molar-refractivity contribution in [1.82, 2.24) is 4.98 Å². The highest BCUT2D eigenvalue weighted by atomic mass is 32.1. The van der Waals surface area contributed by atoms with E-state index >= 15 is 0 Å². The van der Waals surface area contributed by atoms with E-state index in [4.69, 9.17) is 5.11 Å². The third-order valence-electron chi connectivity index (χ3n) is 2.11. The van der Waals surface area contributed by atoms with Gasteiger partial charge in [-0.15, -0.1) is 11.3 Å². The fourth-order valence-corrected chi connectivity index (χ4v) is 1.96. The monoisotopic (exact) mass is 219 g/mol. The van der Waals surface area contributed by atoms with E-state index in [0.717, 1.165) is 11.3 Å². The minimum absolute atomic E-state index is 0.306. The second-order valence-corrected chi connectivity index (χ2v) is 3.95. The molecule has 0 saturated heterocycles. The van der Waals surface area contributed by atoms with Crippen LogP contribution in [0.3, 0.4) is 0 Å². The van der Waals surface area contributed by atoms with E-state index < -0.39 is 5.97 Å². The molecule has 0 aliphatic carbocycles. The summed E-state index contributed by atoms with van der Waals surface area (Å²) in [6.07, 6.45) is 0. The number of aromatic nitrogens is 1. The molecule has 76 valence electrons. The molecule has 1 aromatic carbocycles. The molecule has 0 amide bonds. The van der Waals surface area contributed by atoms with Gasteiger partial charge in [0, 0.05) is 10.9 Å². The average Bonchev–Trinajstić information content (AvgIpc) is 2.70. The van der Waals surface area contributed by atoms with Crippen LogP contribution in [-0.2, 0) is 0 Å². The molecule has 0 spiro atoms. The number of carbonyl (C=O) groups is 1. The summed E-state index contributed by atoms with van der Waals surface area (Å²) in [4.78, 5) is 15.2. The summed E-state index contributed by atoms with van der Waals surface area (Å²) < 4.78 is 0. The standard InChI is InChI=1S/C11H9NO2S/c1-7-2-3-8(9(4-7)11(13)14)10-5-15-6-12-10/h2-6H,1H3,(H,13,14). The lowest BCUT2D eigenvalue weighted by molar-refractivity contribution is 0.0697. The Morgan fingerprint density at radius 2 is 2.27 bits per heavy atom. The maximum atomic E-state index is 11.0. The molecule has 0 bridgehead atoms. The van der Waals surface area contributed by atoms with Crippen LogP contribution in [0.15, 0.2) is 29.1 Å². The van der Waals surface area contributed by atoms with Crippen molar-refractivity contribution in [2.75, 3.05) is 0 Å². The van der Waals surface area contributed by atoms with Crippen LogP contribution in [0.4, 0.5) is 0 Å². The molecule has 0 unspecified atom stereocenters. The summed E-state index contributed by atoms with van der Waals surface area (Å²) in [5.74, 6) is -0.915. The molecule has 0 aliphatic rings. The van der Waals surface area contributed by atoms with Gasteiger partial charge in [0.05, 0.1) is 16.8 Å². The number of rotatable bonds is 2. The summed E-state index contributed by atoms with van der Waals surface area (Å²) in [6, 6.07) is 5.35. The van der Waals surface area contributed by atoms with Gasteiger partial charge >= 0.3 is 5.97 Å². The van der Waals surface area contributed by atoms with Gasteiger partial charge in [0.25, 0.3) is 0 Å². The molecular formula is C11H9NO2S. The minimum atomic E-state index is -0.915. The van der Waals surface area contributed by atoms with Crippen molar-refractivity contribution in [2.45, 2.75) is 6.92 Å². The van der Waals surface area contributed by atoms with Crippen LogP contribution < -0.4 is 0 Å². The molecule has 0 radical (unpaired) electrons. The maximum Gasteiger partial charge on any atom is 0.336 e. The summed E-state index contributed by atoms with van der Waals surface area (Å²) in [6.45, 7) is 1.87. The van der Waals surface area contributed by atoms with Crippen molar-refractivity contribution in [3.63, 3.8) is 0 Å². The molecule has 4 heteroatoms. The van der Waals surface area contributed by atoms with Crippen molar-refractivity contribution in [3.8, 4) is 11.3 Å². The lowest BCUT2D eigenvalue weighted by atomic mass is 10.0. The van der Waals surface area contributed by atoms with Gasteiger partial charge in [-0.1, -0.05) is 17.7 Å². The zero-order valence-corrected chi connectivity index (χ0v) is 8.91. The summed E-state index contributed by atoms with van der Waals surface area (Å²) in [5.41, 5.74) is 4.33. The van der Waals surface area contributed by atoms with Gasteiger partial charge in [-0.25, -0.2) is 9.78 Å². The largest absolute Gasteiger partial charge is 0.478 e. The highest BCUT2D eigenvalue weighted by Gasteiger charge is 2.12. The smallest absolute Gasteiger partial charge is 0.336 e. The highest BCUT2D eigenvalue weighted by molar-refractivity contribution is 7.07. The Balaban J connectivity index is 2.61. The normalized spacial score (nSPS) is 10.2. The lowest BCUT2D eigenvalue weighted by Gasteiger charge is -2.03. The van der Waals surface area contributed by atoms with Crippen LogP contribution in [0.25, 0.3) is 11.3 Å². The van der Waals surface area contributed by atoms with Crippen LogP contribution in [-0.4, -0.2) is 16.1 Å². The number of carboxylic acid groups (broad SMARTS) is 1. The van der Waals surface area contributed by atoms with Gasteiger partial charge < -0.3 is 5.11 Å². The number of aromatic carboxylic acids is 1. The van der Waals surface area contributed by atoms with Crippen LogP contribution in [0, 0.1) is 6.92 Å². The zero-order valence-electron chi connectivity index (χ0n) is 8.10. The molecule has 0 fully saturated rings. The second-order valence-electron chi connectivity index (χ2n) is 3.23. The summed E-state index contributed by atoms with van der Waals surface area (Å²) >= 11 is 1.45. The number of hydrogen-bond donors (Lipinski definition) is 1. The van der Waals surface area contributed by atoms with Crippen LogP contribution >= 0.6 is 11.3 Å². The molecule has 0 aliphatic heterocycles. The Hall–Kier alpha value is -1.68. The Morgan fingerprint density at radius 1 is 1.47 bits per heavy atom. The third kappa shape index (κ3) is 1.89. The van der Waals surface area contributed by atoms with E-state index in [2.05, 4.69) is 4.98 Å². The van der Waals surface area contributed by atoms with Gasteiger partial charge in [0.15, 0.2) is 0 Å². The first kappa shape index (κ1) is 9.86. The lowest BCUT2D eigenvalue weighted by Crippen LogP contribution is -2.00. The van der Waals surface area contributed by atoms with Gasteiger partial charge in [0.1, 0.15) is 0 Å². The minimum Gasteiger partial charge on any atom is -0.478 e. The van der Waals surface area contributed by atoms with Gasteiger partial charge in [-0.2, -0.15) is 0 Å². The molecule has 15 heavy (non-hydrogen) atoms. The molecule has 1 aromatic heterocycles. The predicted octanol–water partition coefficient (Wildman–Crippen LogP) is 2.82. The van der Waals surface area contributed by atoms with Gasteiger partial charge in [-0.05, 0) is 13.0 Å². The van der Waals surface area contributed by atoms with Crippen molar-refractivity contribution in [1.29, 1.82) is 0 Å². The van der Waals surface area contributed by atoms with Crippen molar-refractivity contribution < 1.29 is 9.90 Å². The van der Waals surface area contributed by atoms with Crippen LogP contribution in [0.5, 0.6) is 0 Å². The van der Waals surface area contributed by atoms with Gasteiger partial charge in [0.2, 0.25) is 0 Å². The number of hydrogen-bond acceptors (Lipinski definition) is 3. The van der Waals surface area contributed by atoms with Crippen molar-refractivity contribution in [3.05, 3.63) is 40.2 Å². The number of thiazole rings is 1. The Bertz CT molecular complexity index is 491. The third-order valence-corrected chi connectivity index (χ3v) is 2.70. The molecule has 0 saturated carbocycles. The van der Waals surface area contributed by atoms with E-state index in [1.54, 1.807) is 17.6 Å². The molecule has 2 aromatic rings. The quantitative estimate of drug-likeness (QED) is 0.844. The molecule has 3 nitrogen and oxygen atoms in total. The van der Waals surface area contributed by atoms with Crippen LogP contribution in [0.2, 0.25) is 0 Å². The molecule has 0 atom stereocenters. The fourth-order valence-electron chi connectivity index (χ4n) is 1.40. The number of benzene rings is 1.